The molecule has 0 spiro atoms. The smallest absolute Gasteiger partial charge is 0.275 e. The van der Waals surface area contributed by atoms with Crippen LogP contribution in [0.4, 0.5) is 0 Å². The lowest BCUT2D eigenvalue weighted by Gasteiger charge is -2.10. The van der Waals surface area contributed by atoms with E-state index in [4.69, 9.17) is 4.74 Å². The van der Waals surface area contributed by atoms with E-state index < -0.39 is 0 Å². The topological polar surface area (TPSA) is 76.0 Å². The third-order valence-corrected chi connectivity index (χ3v) is 4.66. The Morgan fingerprint density at radius 1 is 1.10 bits per heavy atom. The molecule has 0 aliphatic rings. The van der Waals surface area contributed by atoms with Gasteiger partial charge in [0.05, 0.1) is 12.9 Å². The molecule has 0 aliphatic heterocycles. The van der Waals surface area contributed by atoms with E-state index in [1.807, 2.05) is 67.3 Å². The maximum Gasteiger partial charge on any atom is 0.275 e. The van der Waals surface area contributed by atoms with Crippen molar-refractivity contribution in [2.45, 2.75) is 6.42 Å². The lowest BCUT2D eigenvalue weighted by atomic mass is 10.1. The molecule has 7 heteroatoms. The van der Waals surface area contributed by atoms with Crippen LogP contribution in [0.2, 0.25) is 0 Å². The second-order valence-corrected chi connectivity index (χ2v) is 7.07. The van der Waals surface area contributed by atoms with E-state index in [0.717, 1.165) is 29.8 Å². The van der Waals surface area contributed by atoms with Gasteiger partial charge in [0, 0.05) is 41.8 Å². The summed E-state index contributed by atoms with van der Waals surface area (Å²) in [4.78, 5) is 26.1. The number of nitrogens with zero attached hydrogens (tertiary/aromatic N) is 4. The Morgan fingerprint density at radius 3 is 2.66 bits per heavy atom. The number of nitrogens with one attached hydrogen (secondary N) is 1. The summed E-state index contributed by atoms with van der Waals surface area (Å²) in [5.41, 5.74) is 3.59. The van der Waals surface area contributed by atoms with Crippen LogP contribution in [-0.2, 0) is 0 Å². The normalized spacial score (nSPS) is 11.3. The summed E-state index contributed by atoms with van der Waals surface area (Å²) in [5.74, 6) is 0.588. The van der Waals surface area contributed by atoms with Crippen LogP contribution in [0.5, 0.6) is 5.88 Å². The molecule has 0 aliphatic carbocycles. The molecule has 7 nitrogen and oxygen atoms in total. The summed E-state index contributed by atoms with van der Waals surface area (Å²) in [5, 5.41) is 0. The predicted molar refractivity (Wildman–Crippen MR) is 114 cm³/mol. The molecular weight excluding hydrogens is 366 g/mol. The first-order valence-electron chi connectivity index (χ1n) is 9.51. The van der Waals surface area contributed by atoms with Gasteiger partial charge in [0.2, 0.25) is 5.88 Å². The van der Waals surface area contributed by atoms with E-state index in [1.54, 1.807) is 6.20 Å². The molecule has 1 aromatic carbocycles. The van der Waals surface area contributed by atoms with E-state index in [1.165, 1.54) is 6.33 Å². The Morgan fingerprint density at radius 2 is 1.93 bits per heavy atom. The molecule has 4 aromatic rings. The Balaban J connectivity index is 1.66. The Bertz CT molecular complexity index is 1150. The molecule has 4 rings (SSSR count). The zero-order valence-electron chi connectivity index (χ0n) is 16.5. The summed E-state index contributed by atoms with van der Waals surface area (Å²) in [6, 6.07) is 13.5. The Labute approximate surface area is 168 Å². The molecule has 3 heterocycles. The number of para-hydroxylation sites is 1. The molecule has 0 unspecified atom stereocenters. The largest absolute Gasteiger partial charge is 0.478 e. The summed E-state index contributed by atoms with van der Waals surface area (Å²) in [6.07, 6.45) is 6.05. The molecular formula is C22H23N5O2. The number of fused-ring (bicyclic) bond motifs is 1. The zero-order chi connectivity index (χ0) is 20.2. The molecule has 0 bridgehead atoms. The van der Waals surface area contributed by atoms with Crippen LogP contribution in [0.25, 0.3) is 27.8 Å². The van der Waals surface area contributed by atoms with Crippen LogP contribution in [0, 0.1) is 0 Å². The highest BCUT2D eigenvalue weighted by Gasteiger charge is 2.16. The quantitative estimate of drug-likeness (QED) is 0.492. The molecule has 0 saturated heterocycles. The van der Waals surface area contributed by atoms with Gasteiger partial charge in [0.15, 0.2) is 0 Å². The van der Waals surface area contributed by atoms with E-state index in [0.29, 0.717) is 23.5 Å². The van der Waals surface area contributed by atoms with Crippen molar-refractivity contribution in [2.24, 2.45) is 0 Å². The van der Waals surface area contributed by atoms with E-state index in [2.05, 4.69) is 19.9 Å². The number of rotatable bonds is 7. The van der Waals surface area contributed by atoms with Gasteiger partial charge in [-0.3, -0.25) is 4.79 Å². The lowest BCUT2D eigenvalue weighted by Crippen LogP contribution is -2.15. The molecule has 3 aromatic heterocycles. The maximum atomic E-state index is 12.5. The van der Waals surface area contributed by atoms with Gasteiger partial charge in [-0.1, -0.05) is 18.2 Å². The van der Waals surface area contributed by atoms with Crippen molar-refractivity contribution in [3.63, 3.8) is 0 Å². The van der Waals surface area contributed by atoms with Crippen LogP contribution in [0.1, 0.15) is 6.42 Å². The number of pyridine rings is 1. The van der Waals surface area contributed by atoms with Crippen LogP contribution >= 0.6 is 0 Å². The van der Waals surface area contributed by atoms with Crippen molar-refractivity contribution < 1.29 is 4.74 Å². The standard InChI is InChI=1S/C22H23N5O2/c1-26(2)11-6-12-29-19-10-9-16(13-23-19)18-14-27(17-7-4-3-5-8-17)21-20(18)24-15-25-22(21)28/h3-5,7-10,13-15H,6,11-12H2,1-2H3,(H,24,25,28). The van der Waals surface area contributed by atoms with Gasteiger partial charge in [-0.25, -0.2) is 9.97 Å². The molecule has 0 fully saturated rings. The number of aromatic amines is 1. The molecule has 29 heavy (non-hydrogen) atoms. The zero-order valence-corrected chi connectivity index (χ0v) is 16.5. The van der Waals surface area contributed by atoms with Crippen molar-refractivity contribution in [2.75, 3.05) is 27.2 Å². The average molecular weight is 389 g/mol. The number of benzene rings is 1. The van der Waals surface area contributed by atoms with Gasteiger partial charge in [-0.2, -0.15) is 0 Å². The van der Waals surface area contributed by atoms with E-state index in [9.17, 15) is 4.79 Å². The second-order valence-electron chi connectivity index (χ2n) is 7.07. The van der Waals surface area contributed by atoms with Crippen LogP contribution in [-0.4, -0.2) is 51.7 Å². The molecule has 1 N–H and O–H groups in total. The van der Waals surface area contributed by atoms with Crippen LogP contribution in [0.3, 0.4) is 0 Å². The Kier molecular flexibility index (Phi) is 5.39. The van der Waals surface area contributed by atoms with Crippen molar-refractivity contribution in [1.29, 1.82) is 0 Å². The first kappa shape index (κ1) is 18.9. The maximum absolute atomic E-state index is 12.5. The Hall–Kier alpha value is -3.45. The summed E-state index contributed by atoms with van der Waals surface area (Å²) < 4.78 is 7.58. The van der Waals surface area contributed by atoms with Gasteiger partial charge in [-0.15, -0.1) is 0 Å². The van der Waals surface area contributed by atoms with Crippen molar-refractivity contribution >= 4 is 11.0 Å². The first-order chi connectivity index (χ1) is 14.1. The van der Waals surface area contributed by atoms with Crippen LogP contribution in [0.15, 0.2) is 66.0 Å². The minimum atomic E-state index is -0.182. The van der Waals surface area contributed by atoms with Gasteiger partial charge < -0.3 is 19.2 Å². The lowest BCUT2D eigenvalue weighted by molar-refractivity contribution is 0.273. The summed E-state index contributed by atoms with van der Waals surface area (Å²) in [6.45, 7) is 1.59. The molecule has 148 valence electrons. The minimum absolute atomic E-state index is 0.182. The third-order valence-electron chi connectivity index (χ3n) is 4.66. The van der Waals surface area contributed by atoms with Gasteiger partial charge in [0.25, 0.3) is 5.56 Å². The summed E-state index contributed by atoms with van der Waals surface area (Å²) in [7, 11) is 4.08. The van der Waals surface area contributed by atoms with E-state index >= 15 is 0 Å². The van der Waals surface area contributed by atoms with Crippen molar-refractivity contribution in [1.82, 2.24) is 24.4 Å². The average Bonchev–Trinajstić information content (AvgIpc) is 3.13. The summed E-state index contributed by atoms with van der Waals surface area (Å²) >= 11 is 0. The van der Waals surface area contributed by atoms with Gasteiger partial charge in [-0.05, 0) is 38.7 Å². The predicted octanol–water partition coefficient (Wildman–Crippen LogP) is 3.11. The number of hydrogen-bond acceptors (Lipinski definition) is 5. The minimum Gasteiger partial charge on any atom is -0.478 e. The monoisotopic (exact) mass is 389 g/mol. The van der Waals surface area contributed by atoms with Gasteiger partial charge in [0.1, 0.15) is 11.0 Å². The fourth-order valence-corrected chi connectivity index (χ4v) is 3.25. The third kappa shape index (κ3) is 4.05. The molecule has 0 atom stereocenters. The number of ether oxygens (including phenoxy) is 1. The highest BCUT2D eigenvalue weighted by atomic mass is 16.5. The van der Waals surface area contributed by atoms with Crippen molar-refractivity contribution in [3.8, 4) is 22.7 Å². The number of aromatic nitrogens is 4. The first-order valence-corrected chi connectivity index (χ1v) is 9.51. The number of H-pyrrole nitrogens is 1. The second kappa shape index (κ2) is 8.28. The molecule has 0 amide bonds. The number of hydrogen-bond donors (Lipinski definition) is 1. The highest BCUT2D eigenvalue weighted by Crippen LogP contribution is 2.29. The highest BCUT2D eigenvalue weighted by molar-refractivity contribution is 5.93. The molecule has 0 saturated carbocycles. The van der Waals surface area contributed by atoms with E-state index in [-0.39, 0.29) is 5.56 Å². The molecule has 0 radical (unpaired) electrons. The SMILES string of the molecule is CN(C)CCCOc1ccc(-c2cn(-c3ccccc3)c3c(=O)[nH]cnc23)cn1. The van der Waals surface area contributed by atoms with Crippen LogP contribution < -0.4 is 10.3 Å². The fraction of sp³-hybridized carbons (Fsp3) is 0.227. The van der Waals surface area contributed by atoms with Gasteiger partial charge >= 0.3 is 0 Å². The van der Waals surface area contributed by atoms with Crippen molar-refractivity contribution in [3.05, 3.63) is 71.5 Å². The fourth-order valence-electron chi connectivity index (χ4n) is 3.25.